The maximum Gasteiger partial charge on any atom is 0.341 e. The third-order valence-corrected chi connectivity index (χ3v) is 5.54. The van der Waals surface area contributed by atoms with E-state index in [9.17, 15) is 18.8 Å². The zero-order valence-corrected chi connectivity index (χ0v) is 18.0. The van der Waals surface area contributed by atoms with Crippen molar-refractivity contribution in [3.63, 3.8) is 0 Å². The summed E-state index contributed by atoms with van der Waals surface area (Å²) in [6.45, 7) is 2.85. The molecule has 0 aliphatic carbocycles. The van der Waals surface area contributed by atoms with Crippen LogP contribution in [0.2, 0.25) is 0 Å². The molecule has 2 amide bonds. The van der Waals surface area contributed by atoms with Crippen LogP contribution in [-0.2, 0) is 27.3 Å². The van der Waals surface area contributed by atoms with E-state index < -0.39 is 5.97 Å². The highest BCUT2D eigenvalue weighted by atomic mass is 19.1. The van der Waals surface area contributed by atoms with Crippen molar-refractivity contribution in [2.24, 2.45) is 5.92 Å². The van der Waals surface area contributed by atoms with Gasteiger partial charge in [-0.15, -0.1) is 0 Å². The quantitative estimate of drug-likeness (QED) is 0.659. The molecule has 0 bridgehead atoms. The Hall–Kier alpha value is -3.16. The van der Waals surface area contributed by atoms with E-state index in [-0.39, 0.29) is 36.5 Å². The molecule has 8 heteroatoms. The fourth-order valence-corrected chi connectivity index (χ4v) is 3.85. The van der Waals surface area contributed by atoms with Crippen LogP contribution in [0.15, 0.2) is 34.7 Å². The van der Waals surface area contributed by atoms with Crippen LogP contribution in [-0.4, -0.2) is 54.8 Å². The van der Waals surface area contributed by atoms with Crippen molar-refractivity contribution in [2.45, 2.75) is 32.7 Å². The molecule has 2 aromatic rings. The molecular formula is C23H27FN2O5. The predicted molar refractivity (Wildman–Crippen MR) is 111 cm³/mol. The zero-order chi connectivity index (χ0) is 22.5. The number of furan rings is 1. The molecule has 0 spiro atoms. The van der Waals surface area contributed by atoms with Crippen molar-refractivity contribution in [3.05, 3.63) is 58.8 Å². The van der Waals surface area contributed by atoms with Crippen molar-refractivity contribution in [1.29, 1.82) is 0 Å². The molecule has 1 atom stereocenters. The van der Waals surface area contributed by atoms with Gasteiger partial charge in [0.1, 0.15) is 22.9 Å². The first-order chi connectivity index (χ1) is 14.8. The summed E-state index contributed by atoms with van der Waals surface area (Å²) in [6, 6.07) is 7.46. The van der Waals surface area contributed by atoms with Crippen LogP contribution >= 0.6 is 0 Å². The number of carbonyl (C=O) groups is 3. The van der Waals surface area contributed by atoms with Crippen molar-refractivity contribution < 1.29 is 27.9 Å². The first-order valence-corrected chi connectivity index (χ1v) is 10.2. The number of carbonyl (C=O) groups excluding carboxylic acids is 3. The smallest absolute Gasteiger partial charge is 0.341 e. The van der Waals surface area contributed by atoms with Gasteiger partial charge in [0.25, 0.3) is 0 Å². The number of halogens is 1. The minimum Gasteiger partial charge on any atom is -0.465 e. The third kappa shape index (κ3) is 5.51. The van der Waals surface area contributed by atoms with Crippen LogP contribution in [0.3, 0.4) is 0 Å². The number of benzene rings is 1. The second kappa shape index (κ2) is 9.76. The number of aryl methyl sites for hydroxylation is 1. The average Bonchev–Trinajstić information content (AvgIpc) is 3.14. The highest BCUT2D eigenvalue weighted by Gasteiger charge is 2.30. The number of likely N-dealkylation sites (tertiary alicyclic amines) is 1. The van der Waals surface area contributed by atoms with E-state index in [0.717, 1.165) is 12.0 Å². The Morgan fingerprint density at radius 2 is 1.97 bits per heavy atom. The lowest BCUT2D eigenvalue weighted by Crippen LogP contribution is -2.46. The van der Waals surface area contributed by atoms with Crippen molar-refractivity contribution in [2.75, 3.05) is 27.2 Å². The van der Waals surface area contributed by atoms with Gasteiger partial charge in [0.2, 0.25) is 11.8 Å². The molecule has 0 N–H and O–H groups in total. The Bertz CT molecular complexity index is 953. The molecule has 2 heterocycles. The highest BCUT2D eigenvalue weighted by Crippen LogP contribution is 2.22. The molecular weight excluding hydrogens is 403 g/mol. The largest absolute Gasteiger partial charge is 0.465 e. The van der Waals surface area contributed by atoms with Gasteiger partial charge in [-0.1, -0.05) is 12.1 Å². The topological polar surface area (TPSA) is 80.1 Å². The van der Waals surface area contributed by atoms with E-state index in [4.69, 9.17) is 9.15 Å². The van der Waals surface area contributed by atoms with Gasteiger partial charge in [0.15, 0.2) is 0 Å². The fourth-order valence-electron chi connectivity index (χ4n) is 3.85. The van der Waals surface area contributed by atoms with Crippen molar-refractivity contribution in [1.82, 2.24) is 9.80 Å². The van der Waals surface area contributed by atoms with Gasteiger partial charge in [-0.05, 0) is 43.5 Å². The summed E-state index contributed by atoms with van der Waals surface area (Å²) in [6.07, 6.45) is 1.62. The number of piperidine rings is 1. The van der Waals surface area contributed by atoms with Crippen LogP contribution in [0.25, 0.3) is 0 Å². The molecule has 1 saturated heterocycles. The van der Waals surface area contributed by atoms with Gasteiger partial charge >= 0.3 is 5.97 Å². The maximum atomic E-state index is 13.1. The summed E-state index contributed by atoms with van der Waals surface area (Å²) in [5.41, 5.74) is 1.08. The number of rotatable bonds is 6. The zero-order valence-electron chi connectivity index (χ0n) is 18.0. The maximum absolute atomic E-state index is 13.1. The van der Waals surface area contributed by atoms with Crippen LogP contribution in [0.4, 0.5) is 4.39 Å². The minimum atomic E-state index is -0.482. The lowest BCUT2D eigenvalue weighted by Gasteiger charge is -2.34. The van der Waals surface area contributed by atoms with E-state index in [0.29, 0.717) is 36.6 Å². The highest BCUT2D eigenvalue weighted by molar-refractivity contribution is 5.90. The lowest BCUT2D eigenvalue weighted by molar-refractivity contribution is -0.140. The summed E-state index contributed by atoms with van der Waals surface area (Å²) < 4.78 is 23.4. The molecule has 1 fully saturated rings. The molecule has 0 radical (unpaired) electrons. The van der Waals surface area contributed by atoms with E-state index in [1.165, 1.54) is 19.2 Å². The number of methoxy groups -OCH3 is 1. The summed E-state index contributed by atoms with van der Waals surface area (Å²) in [7, 11) is 2.98. The molecule has 1 unspecified atom stereocenters. The molecule has 7 nitrogen and oxygen atoms in total. The number of esters is 1. The van der Waals surface area contributed by atoms with E-state index in [1.807, 2.05) is 0 Å². The molecule has 1 aromatic carbocycles. The Morgan fingerprint density at radius 1 is 1.26 bits per heavy atom. The molecule has 1 aliphatic heterocycles. The van der Waals surface area contributed by atoms with Crippen LogP contribution < -0.4 is 0 Å². The number of amides is 2. The lowest BCUT2D eigenvalue weighted by atomic mass is 9.96. The predicted octanol–water partition coefficient (Wildman–Crippen LogP) is 2.95. The number of hydrogen-bond donors (Lipinski definition) is 0. The second-order valence-corrected chi connectivity index (χ2v) is 7.85. The monoisotopic (exact) mass is 430 g/mol. The van der Waals surface area contributed by atoms with Crippen LogP contribution in [0.5, 0.6) is 0 Å². The second-order valence-electron chi connectivity index (χ2n) is 7.85. The van der Waals surface area contributed by atoms with Gasteiger partial charge in [0.05, 0.1) is 26.0 Å². The minimum absolute atomic E-state index is 0.0730. The molecule has 0 saturated carbocycles. The van der Waals surface area contributed by atoms with Crippen molar-refractivity contribution >= 4 is 17.8 Å². The van der Waals surface area contributed by atoms with E-state index in [1.54, 1.807) is 42.0 Å². The van der Waals surface area contributed by atoms with Crippen molar-refractivity contribution in [3.8, 4) is 0 Å². The van der Waals surface area contributed by atoms with E-state index >= 15 is 0 Å². The first kappa shape index (κ1) is 22.5. The van der Waals surface area contributed by atoms with Gasteiger partial charge in [0, 0.05) is 20.1 Å². The van der Waals surface area contributed by atoms with Gasteiger partial charge < -0.3 is 19.0 Å². The van der Waals surface area contributed by atoms with Gasteiger partial charge in [-0.3, -0.25) is 9.59 Å². The summed E-state index contributed by atoms with van der Waals surface area (Å²) in [5, 5.41) is 0. The molecule has 3 rings (SSSR count). The average molecular weight is 430 g/mol. The van der Waals surface area contributed by atoms with E-state index in [2.05, 4.69) is 0 Å². The first-order valence-electron chi connectivity index (χ1n) is 10.2. The van der Waals surface area contributed by atoms with Crippen LogP contribution in [0, 0.1) is 18.7 Å². The third-order valence-electron chi connectivity index (χ3n) is 5.54. The molecule has 1 aromatic heterocycles. The Labute approximate surface area is 180 Å². The Balaban J connectivity index is 1.59. The number of ether oxygens (including phenoxy) is 1. The van der Waals surface area contributed by atoms with Gasteiger partial charge in [-0.2, -0.15) is 0 Å². The SMILES string of the molecule is COC(=O)c1cc(CN(C)C(=O)C2CCCN(C(=O)Cc3ccc(F)cc3)C2)oc1C. The fraction of sp³-hybridized carbons (Fsp3) is 0.435. The van der Waals surface area contributed by atoms with Gasteiger partial charge in [-0.25, -0.2) is 9.18 Å². The normalized spacial score (nSPS) is 16.1. The number of nitrogens with zero attached hydrogens (tertiary/aromatic N) is 2. The molecule has 31 heavy (non-hydrogen) atoms. The number of hydrogen-bond acceptors (Lipinski definition) is 5. The molecule has 166 valence electrons. The standard InChI is InChI=1S/C23H27FN2O5/c1-15-20(23(29)30-3)12-19(31-15)14-25(2)22(28)17-5-4-10-26(13-17)21(27)11-16-6-8-18(24)9-7-16/h6-9,12,17H,4-5,10-11,13-14H2,1-3H3. The molecule has 1 aliphatic rings. The summed E-state index contributed by atoms with van der Waals surface area (Å²) in [5.74, 6) is -0.333. The summed E-state index contributed by atoms with van der Waals surface area (Å²) in [4.78, 5) is 40.6. The van der Waals surface area contributed by atoms with Crippen LogP contribution in [0.1, 0.15) is 40.3 Å². The Kier molecular flexibility index (Phi) is 7.09. The summed E-state index contributed by atoms with van der Waals surface area (Å²) >= 11 is 0. The Morgan fingerprint density at radius 3 is 2.65 bits per heavy atom.